The Morgan fingerprint density at radius 3 is 2.76 bits per heavy atom. The molecule has 0 nitrogen and oxygen atoms in total. The fraction of sp³-hybridized carbons (Fsp3) is 0.500. The van der Waals surface area contributed by atoms with Gasteiger partial charge in [-0.25, -0.2) is 0 Å². The van der Waals surface area contributed by atoms with Gasteiger partial charge >= 0.3 is 0 Å². The molecule has 1 aliphatic carbocycles. The van der Waals surface area contributed by atoms with Gasteiger partial charge in [0.1, 0.15) is 0 Å². The van der Waals surface area contributed by atoms with Crippen molar-refractivity contribution in [3.8, 4) is 0 Å². The Balaban J connectivity index is 1.85. The third kappa shape index (κ3) is 3.45. The van der Waals surface area contributed by atoms with E-state index in [9.17, 15) is 0 Å². The van der Waals surface area contributed by atoms with E-state index in [0.717, 1.165) is 6.42 Å². The van der Waals surface area contributed by atoms with Gasteiger partial charge in [-0.1, -0.05) is 60.7 Å². The third-order valence-corrected chi connectivity index (χ3v) is 4.02. The maximum Gasteiger partial charge on any atom is 0.0178 e. The molecular weight excluding hydrogens is 272 g/mol. The first-order chi connectivity index (χ1) is 8.31. The van der Waals surface area contributed by atoms with Crippen LogP contribution in [-0.4, -0.2) is 0 Å². The van der Waals surface area contributed by atoms with Crippen molar-refractivity contribution in [2.45, 2.75) is 51.9 Å². The van der Waals surface area contributed by atoms with Crippen LogP contribution in [0.25, 0.3) is 5.57 Å². The number of hydrogen-bond donors (Lipinski definition) is 0. The van der Waals surface area contributed by atoms with Crippen LogP contribution in [0.3, 0.4) is 0 Å². The highest BCUT2D eigenvalue weighted by Gasteiger charge is 2.13. The van der Waals surface area contributed by atoms with E-state index in [1.54, 1.807) is 5.57 Å². The molecule has 1 aromatic rings. The number of halogens is 1. The Morgan fingerprint density at radius 1 is 1.12 bits per heavy atom. The van der Waals surface area contributed by atoms with Gasteiger partial charge in [-0.2, -0.15) is 0 Å². The zero-order chi connectivity index (χ0) is 12.1. The van der Waals surface area contributed by atoms with E-state index in [0.29, 0.717) is 0 Å². The number of rotatable bonds is 6. The van der Waals surface area contributed by atoms with Gasteiger partial charge in [0.15, 0.2) is 0 Å². The van der Waals surface area contributed by atoms with Crippen molar-refractivity contribution >= 4 is 21.5 Å². The van der Waals surface area contributed by atoms with Crippen molar-refractivity contribution in [2.24, 2.45) is 0 Å². The Morgan fingerprint density at radius 2 is 1.94 bits per heavy atom. The first-order valence-electron chi connectivity index (χ1n) is 6.79. The van der Waals surface area contributed by atoms with E-state index in [2.05, 4.69) is 47.1 Å². The summed E-state index contributed by atoms with van der Waals surface area (Å²) in [6.45, 7) is 2.27. The molecule has 0 amide bonds. The lowest BCUT2D eigenvalue weighted by atomic mass is 10.0. The number of hydrogen-bond acceptors (Lipinski definition) is 0. The van der Waals surface area contributed by atoms with E-state index in [-0.39, 0.29) is 0 Å². The topological polar surface area (TPSA) is 0 Å². The molecule has 0 radical (unpaired) electrons. The predicted octanol–water partition coefficient (Wildman–Crippen LogP) is 5.75. The van der Waals surface area contributed by atoms with Gasteiger partial charge in [0.2, 0.25) is 0 Å². The zero-order valence-corrected chi connectivity index (χ0v) is 12.2. The maximum absolute atomic E-state index is 3.54. The fourth-order valence-electron chi connectivity index (χ4n) is 2.54. The lowest BCUT2D eigenvalue weighted by Gasteiger charge is -2.06. The lowest BCUT2D eigenvalue weighted by molar-refractivity contribution is 0.640. The van der Waals surface area contributed by atoms with Crippen LogP contribution in [-0.2, 0) is 6.42 Å². The Kier molecular flexibility index (Phi) is 4.85. The van der Waals surface area contributed by atoms with E-state index in [1.165, 1.54) is 54.1 Å². The highest BCUT2D eigenvalue weighted by molar-refractivity contribution is 9.10. The van der Waals surface area contributed by atoms with Crippen LogP contribution in [0.4, 0.5) is 0 Å². The summed E-state index contributed by atoms with van der Waals surface area (Å²) in [5.41, 5.74) is 4.55. The zero-order valence-electron chi connectivity index (χ0n) is 10.6. The molecule has 0 saturated heterocycles. The molecule has 1 aromatic carbocycles. The molecule has 92 valence electrons. The van der Waals surface area contributed by atoms with Crippen LogP contribution < -0.4 is 0 Å². The molecule has 0 aromatic heterocycles. The van der Waals surface area contributed by atoms with E-state index in [1.807, 2.05) is 0 Å². The average molecular weight is 293 g/mol. The highest BCUT2D eigenvalue weighted by Crippen LogP contribution is 2.32. The molecule has 0 fully saturated rings. The molecular formula is C16H21Br. The first kappa shape index (κ1) is 12.9. The minimum absolute atomic E-state index is 1.12. The molecule has 0 saturated carbocycles. The predicted molar refractivity (Wildman–Crippen MR) is 79.2 cm³/mol. The smallest absolute Gasteiger partial charge is 0.0178 e. The molecule has 0 atom stereocenters. The molecule has 1 aliphatic rings. The standard InChI is InChI=1S/C16H21Br/c1-2-3-4-5-6-7-13-8-9-14-12-15(17)10-11-16(13)14/h8,10-12H,2-7,9H2,1H3. The molecule has 0 heterocycles. The quantitative estimate of drug-likeness (QED) is 0.586. The Labute approximate surface area is 113 Å². The monoisotopic (exact) mass is 292 g/mol. The second kappa shape index (κ2) is 6.39. The van der Waals surface area contributed by atoms with Crippen molar-refractivity contribution in [2.75, 3.05) is 0 Å². The van der Waals surface area contributed by atoms with Crippen LogP contribution in [0, 0.1) is 0 Å². The van der Waals surface area contributed by atoms with Crippen molar-refractivity contribution in [3.05, 3.63) is 39.9 Å². The van der Waals surface area contributed by atoms with Crippen LogP contribution >= 0.6 is 15.9 Å². The largest absolute Gasteiger partial charge is 0.0763 e. The van der Waals surface area contributed by atoms with Crippen molar-refractivity contribution in [1.82, 2.24) is 0 Å². The maximum atomic E-state index is 3.54. The number of unbranched alkanes of at least 4 members (excludes halogenated alkanes) is 4. The summed E-state index contributed by atoms with van der Waals surface area (Å²) in [7, 11) is 0. The van der Waals surface area contributed by atoms with Gasteiger partial charge < -0.3 is 0 Å². The lowest BCUT2D eigenvalue weighted by Crippen LogP contribution is -1.86. The normalized spacial score (nSPS) is 13.6. The van der Waals surface area contributed by atoms with Crippen LogP contribution in [0.1, 0.15) is 56.6 Å². The minimum atomic E-state index is 1.12. The van der Waals surface area contributed by atoms with Gasteiger partial charge in [-0.05, 0) is 48.1 Å². The molecule has 0 aliphatic heterocycles. The fourth-order valence-corrected chi connectivity index (χ4v) is 2.95. The number of benzene rings is 1. The number of allylic oxidation sites excluding steroid dienone is 2. The summed E-state index contributed by atoms with van der Waals surface area (Å²) in [6.07, 6.45) is 11.7. The highest BCUT2D eigenvalue weighted by atomic mass is 79.9. The SMILES string of the molecule is CCCCCCCC1=CCc2cc(Br)ccc21. The molecule has 0 spiro atoms. The van der Waals surface area contributed by atoms with Gasteiger partial charge in [0.05, 0.1) is 0 Å². The van der Waals surface area contributed by atoms with Crippen molar-refractivity contribution in [3.63, 3.8) is 0 Å². The van der Waals surface area contributed by atoms with E-state index < -0.39 is 0 Å². The number of fused-ring (bicyclic) bond motifs is 1. The van der Waals surface area contributed by atoms with Crippen LogP contribution in [0.5, 0.6) is 0 Å². The summed E-state index contributed by atoms with van der Waals surface area (Å²) in [5.74, 6) is 0. The van der Waals surface area contributed by atoms with Crippen molar-refractivity contribution in [1.29, 1.82) is 0 Å². The van der Waals surface area contributed by atoms with Crippen LogP contribution in [0.2, 0.25) is 0 Å². The van der Waals surface area contributed by atoms with Gasteiger partial charge in [0.25, 0.3) is 0 Å². The van der Waals surface area contributed by atoms with E-state index >= 15 is 0 Å². The minimum Gasteiger partial charge on any atom is -0.0763 e. The second-order valence-corrected chi connectivity index (χ2v) is 5.81. The average Bonchev–Trinajstić information content (AvgIpc) is 2.71. The summed E-state index contributed by atoms with van der Waals surface area (Å²) in [6, 6.07) is 6.69. The van der Waals surface area contributed by atoms with Gasteiger partial charge in [-0.15, -0.1) is 0 Å². The Bertz CT molecular complexity index is 404. The molecule has 2 rings (SSSR count). The van der Waals surface area contributed by atoms with Gasteiger partial charge in [0, 0.05) is 4.47 Å². The van der Waals surface area contributed by atoms with Crippen molar-refractivity contribution < 1.29 is 0 Å². The summed E-state index contributed by atoms with van der Waals surface area (Å²) < 4.78 is 1.20. The second-order valence-electron chi connectivity index (χ2n) is 4.90. The van der Waals surface area contributed by atoms with E-state index in [4.69, 9.17) is 0 Å². The van der Waals surface area contributed by atoms with Gasteiger partial charge in [-0.3, -0.25) is 0 Å². The molecule has 0 unspecified atom stereocenters. The summed E-state index contributed by atoms with van der Waals surface area (Å²) in [5, 5.41) is 0. The summed E-state index contributed by atoms with van der Waals surface area (Å²) >= 11 is 3.54. The molecule has 0 N–H and O–H groups in total. The Hall–Kier alpha value is -0.560. The molecule has 17 heavy (non-hydrogen) atoms. The first-order valence-corrected chi connectivity index (χ1v) is 7.58. The molecule has 0 bridgehead atoms. The third-order valence-electron chi connectivity index (χ3n) is 3.53. The summed E-state index contributed by atoms with van der Waals surface area (Å²) in [4.78, 5) is 0. The van der Waals surface area contributed by atoms with Crippen LogP contribution in [0.15, 0.2) is 28.7 Å². The molecule has 1 heteroatoms.